The maximum Gasteiger partial charge on any atom is 0.324 e. The molecule has 33 heavy (non-hydrogen) atoms. The van der Waals surface area contributed by atoms with Gasteiger partial charge in [0, 0.05) is 18.4 Å². The molecule has 0 spiro atoms. The lowest BCUT2D eigenvalue weighted by molar-refractivity contribution is 0.164. The minimum Gasteiger partial charge on any atom is -0.472 e. The lowest BCUT2D eigenvalue weighted by Gasteiger charge is -2.24. The van der Waals surface area contributed by atoms with Crippen molar-refractivity contribution in [3.63, 3.8) is 0 Å². The third-order valence-electron chi connectivity index (χ3n) is 6.71. The topological polar surface area (TPSA) is 93.6 Å². The Morgan fingerprint density at radius 1 is 1.24 bits per heavy atom. The van der Waals surface area contributed by atoms with E-state index in [1.54, 1.807) is 18.2 Å². The second-order valence-corrected chi connectivity index (χ2v) is 9.27. The average molecular weight is 464 g/mol. The second-order valence-electron chi connectivity index (χ2n) is 8.86. The molecule has 2 saturated heterocycles. The Balaban J connectivity index is 1.20. The van der Waals surface area contributed by atoms with Gasteiger partial charge >= 0.3 is 6.01 Å². The summed E-state index contributed by atoms with van der Waals surface area (Å²) in [6.07, 6.45) is 6.78. The van der Waals surface area contributed by atoms with E-state index in [1.165, 1.54) is 6.33 Å². The molecule has 2 aromatic heterocycles. The van der Waals surface area contributed by atoms with Crippen molar-refractivity contribution in [3.8, 4) is 5.88 Å². The highest BCUT2D eigenvalue weighted by Crippen LogP contribution is 2.44. The van der Waals surface area contributed by atoms with Gasteiger partial charge in [-0.05, 0) is 44.7 Å². The molecule has 10 heteroatoms. The molecule has 6 rings (SSSR count). The molecule has 0 radical (unpaired) electrons. The van der Waals surface area contributed by atoms with E-state index < -0.39 is 0 Å². The van der Waals surface area contributed by atoms with Gasteiger partial charge in [-0.2, -0.15) is 4.98 Å². The number of fused-ring (bicyclic) bond motifs is 2. The molecule has 2 unspecified atom stereocenters. The number of ether oxygens (including phenoxy) is 1. The molecule has 2 aliphatic heterocycles. The number of nitrogens with zero attached hydrogens (tertiary/aromatic N) is 6. The molecular weight excluding hydrogens is 442 g/mol. The first-order valence-corrected chi connectivity index (χ1v) is 11.5. The van der Waals surface area contributed by atoms with Crippen molar-refractivity contribution in [2.24, 2.45) is 0 Å². The summed E-state index contributed by atoms with van der Waals surface area (Å²) < 4.78 is 12.0. The molecule has 4 heterocycles. The molecule has 168 valence electrons. The highest BCUT2D eigenvalue weighted by molar-refractivity contribution is 6.33. The number of aromatic nitrogens is 4. The third kappa shape index (κ3) is 3.64. The number of hydrogen-bond acceptors (Lipinski definition) is 8. The van der Waals surface area contributed by atoms with Crippen LogP contribution < -0.4 is 15.0 Å². The Morgan fingerprint density at radius 2 is 2.12 bits per heavy atom. The molecule has 3 atom stereocenters. The zero-order valence-corrected chi connectivity index (χ0v) is 18.8. The van der Waals surface area contributed by atoms with Gasteiger partial charge in [0.15, 0.2) is 11.5 Å². The van der Waals surface area contributed by atoms with Crippen molar-refractivity contribution >= 4 is 34.8 Å². The van der Waals surface area contributed by atoms with E-state index in [-0.39, 0.29) is 12.1 Å². The fourth-order valence-corrected chi connectivity index (χ4v) is 5.04. The number of nitrogens with one attached hydrogen (secondary N) is 1. The van der Waals surface area contributed by atoms with Crippen molar-refractivity contribution in [2.75, 3.05) is 10.2 Å². The average Bonchev–Trinajstić information content (AvgIpc) is 3.27. The first-order chi connectivity index (χ1) is 16.1. The fourth-order valence-electron chi connectivity index (χ4n) is 4.82. The number of hydrogen-bond donors (Lipinski definition) is 1. The molecule has 9 nitrogen and oxygen atoms in total. The summed E-state index contributed by atoms with van der Waals surface area (Å²) in [5.41, 5.74) is 1.96. The zero-order chi connectivity index (χ0) is 22.5. The second kappa shape index (κ2) is 7.89. The van der Waals surface area contributed by atoms with Crippen molar-refractivity contribution in [2.45, 2.75) is 63.1 Å². The van der Waals surface area contributed by atoms with Crippen molar-refractivity contribution in [3.05, 3.63) is 52.4 Å². The van der Waals surface area contributed by atoms with E-state index in [1.807, 2.05) is 6.92 Å². The van der Waals surface area contributed by atoms with Crippen LogP contribution in [0.15, 0.2) is 29.0 Å². The van der Waals surface area contributed by atoms with E-state index in [0.717, 1.165) is 43.5 Å². The normalized spacial score (nSPS) is 23.5. The molecule has 1 aromatic carbocycles. The summed E-state index contributed by atoms with van der Waals surface area (Å²) in [6.45, 7) is 9.04. The van der Waals surface area contributed by atoms with E-state index in [2.05, 4.69) is 35.2 Å². The Kier molecular flexibility index (Phi) is 4.84. The molecule has 3 aliphatic rings. The standard InChI is InChI=1S/C23H22ClN7O2/c1-12-20(28-17-7-5-14(25-2)9-16(17)24)26-11-27-22(12)32-19-10-15-6-8-18(19)31(15)23-29-21(30-33-23)13-3-4-13/h5,7,9,11,13,15,18-19H,3-4,6,8,10H2,1H3,(H,26,27,28)/t15?,18?,19-/m0/s1. The zero-order valence-electron chi connectivity index (χ0n) is 18.0. The van der Waals surface area contributed by atoms with E-state index in [9.17, 15) is 0 Å². The van der Waals surface area contributed by atoms with E-state index >= 15 is 0 Å². The first-order valence-electron chi connectivity index (χ1n) is 11.1. The molecular formula is C23H22ClN7O2. The Morgan fingerprint density at radius 3 is 2.91 bits per heavy atom. The predicted octanol–water partition coefficient (Wildman–Crippen LogP) is 5.18. The van der Waals surface area contributed by atoms with Crippen LogP contribution >= 0.6 is 11.6 Å². The summed E-state index contributed by atoms with van der Waals surface area (Å²) in [5.74, 6) is 2.46. The smallest absolute Gasteiger partial charge is 0.324 e. The van der Waals surface area contributed by atoms with Gasteiger partial charge in [-0.25, -0.2) is 14.8 Å². The minimum atomic E-state index is -0.0111. The van der Waals surface area contributed by atoms with Gasteiger partial charge in [0.1, 0.15) is 18.2 Å². The van der Waals surface area contributed by atoms with Crippen LogP contribution in [0.4, 0.5) is 23.2 Å². The fraction of sp³-hybridized carbons (Fsp3) is 0.435. The SMILES string of the molecule is [C-]#[N+]c1ccc(Nc2ncnc(O[C@H]3CC4CCC3N4c3nc(C4CC4)no3)c2C)c(Cl)c1. The summed E-state index contributed by atoms with van der Waals surface area (Å²) in [4.78, 5) is 19.1. The molecule has 2 bridgehead atoms. The van der Waals surface area contributed by atoms with Gasteiger partial charge in [0.2, 0.25) is 5.88 Å². The Bertz CT molecular complexity index is 1250. The van der Waals surface area contributed by atoms with E-state index in [4.69, 9.17) is 27.4 Å². The largest absolute Gasteiger partial charge is 0.472 e. The molecule has 1 saturated carbocycles. The van der Waals surface area contributed by atoms with Crippen LogP contribution in [-0.4, -0.2) is 38.3 Å². The minimum absolute atomic E-state index is 0.0111. The van der Waals surface area contributed by atoms with Crippen LogP contribution in [-0.2, 0) is 0 Å². The monoisotopic (exact) mass is 463 g/mol. The Labute approximate surface area is 195 Å². The van der Waals surface area contributed by atoms with Gasteiger partial charge in [-0.1, -0.05) is 22.8 Å². The first kappa shape index (κ1) is 20.2. The number of anilines is 3. The van der Waals surface area contributed by atoms with Crippen LogP contribution in [0, 0.1) is 13.5 Å². The van der Waals surface area contributed by atoms with Gasteiger partial charge in [-0.3, -0.25) is 0 Å². The lowest BCUT2D eigenvalue weighted by Crippen LogP contribution is -2.35. The van der Waals surface area contributed by atoms with Gasteiger partial charge in [0.05, 0.1) is 28.9 Å². The lowest BCUT2D eigenvalue weighted by atomic mass is 9.98. The number of halogens is 1. The highest BCUT2D eigenvalue weighted by Gasteiger charge is 2.50. The van der Waals surface area contributed by atoms with E-state index in [0.29, 0.717) is 46.1 Å². The highest BCUT2D eigenvalue weighted by atomic mass is 35.5. The molecule has 3 aromatic rings. The van der Waals surface area contributed by atoms with Crippen LogP contribution in [0.3, 0.4) is 0 Å². The summed E-state index contributed by atoms with van der Waals surface area (Å²) in [7, 11) is 0. The molecule has 3 fully saturated rings. The van der Waals surface area contributed by atoms with Crippen molar-refractivity contribution < 1.29 is 9.26 Å². The summed E-state index contributed by atoms with van der Waals surface area (Å²) in [6, 6.07) is 6.25. The van der Waals surface area contributed by atoms with Crippen LogP contribution in [0.5, 0.6) is 5.88 Å². The van der Waals surface area contributed by atoms with Gasteiger partial charge in [-0.15, -0.1) is 0 Å². The maximum atomic E-state index is 7.12. The number of benzene rings is 1. The Hall–Kier alpha value is -3.38. The predicted molar refractivity (Wildman–Crippen MR) is 122 cm³/mol. The van der Waals surface area contributed by atoms with Gasteiger partial charge < -0.3 is 19.5 Å². The summed E-state index contributed by atoms with van der Waals surface area (Å²) in [5, 5.41) is 7.88. The van der Waals surface area contributed by atoms with Crippen molar-refractivity contribution in [1.82, 2.24) is 20.1 Å². The summed E-state index contributed by atoms with van der Waals surface area (Å²) >= 11 is 6.32. The molecule has 1 N–H and O–H groups in total. The van der Waals surface area contributed by atoms with Gasteiger partial charge in [0.25, 0.3) is 0 Å². The molecule has 1 aliphatic carbocycles. The quantitative estimate of drug-likeness (QED) is 0.499. The molecule has 0 amide bonds. The van der Waals surface area contributed by atoms with Crippen LogP contribution in [0.25, 0.3) is 4.85 Å². The van der Waals surface area contributed by atoms with Crippen molar-refractivity contribution in [1.29, 1.82) is 0 Å². The van der Waals surface area contributed by atoms with Crippen LogP contribution in [0.2, 0.25) is 5.02 Å². The number of rotatable bonds is 6. The third-order valence-corrected chi connectivity index (χ3v) is 7.02. The maximum absolute atomic E-state index is 7.12. The van der Waals surface area contributed by atoms with Crippen LogP contribution in [0.1, 0.15) is 49.4 Å².